The fourth-order valence-corrected chi connectivity index (χ4v) is 3.22. The molecule has 1 aliphatic heterocycles. The molecule has 1 atom stereocenters. The summed E-state index contributed by atoms with van der Waals surface area (Å²) in [6.45, 7) is 11.3. The van der Waals surface area contributed by atoms with Crippen LogP contribution >= 0.6 is 0 Å². The quantitative estimate of drug-likeness (QED) is 0.714. The van der Waals surface area contributed by atoms with Crippen molar-refractivity contribution in [2.45, 2.75) is 53.0 Å². The summed E-state index contributed by atoms with van der Waals surface area (Å²) in [4.78, 5) is 15.0. The lowest BCUT2D eigenvalue weighted by Crippen LogP contribution is -2.44. The van der Waals surface area contributed by atoms with Gasteiger partial charge >= 0.3 is 0 Å². The second-order valence-electron chi connectivity index (χ2n) is 6.51. The highest BCUT2D eigenvalue weighted by Gasteiger charge is 2.28. The number of fused-ring (bicyclic) bond motifs is 1. The molecule has 122 valence electrons. The van der Waals surface area contributed by atoms with Crippen molar-refractivity contribution in [1.29, 1.82) is 0 Å². The minimum atomic E-state index is 0.0225. The second kappa shape index (κ2) is 7.77. The van der Waals surface area contributed by atoms with Crippen LogP contribution in [0.2, 0.25) is 0 Å². The van der Waals surface area contributed by atoms with Crippen LogP contribution in [0.15, 0.2) is 18.2 Å². The average molecular weight is 303 g/mol. The zero-order valence-electron chi connectivity index (χ0n) is 14.4. The lowest BCUT2D eigenvalue weighted by Gasteiger charge is -2.35. The third kappa shape index (κ3) is 3.70. The van der Waals surface area contributed by atoms with Crippen molar-refractivity contribution < 1.29 is 9.53 Å². The van der Waals surface area contributed by atoms with E-state index in [0.29, 0.717) is 6.04 Å². The van der Waals surface area contributed by atoms with Crippen molar-refractivity contribution >= 4 is 5.78 Å². The molecular weight excluding hydrogens is 274 g/mol. The van der Waals surface area contributed by atoms with Gasteiger partial charge in [-0.05, 0) is 38.4 Å². The summed E-state index contributed by atoms with van der Waals surface area (Å²) < 4.78 is 5.99. The molecule has 22 heavy (non-hydrogen) atoms. The predicted octanol–water partition coefficient (Wildman–Crippen LogP) is 3.95. The Labute approximate surface area is 134 Å². The largest absolute Gasteiger partial charge is 0.492 e. The number of benzene rings is 1. The Balaban J connectivity index is 2.26. The highest BCUT2D eigenvalue weighted by Crippen LogP contribution is 2.31. The van der Waals surface area contributed by atoms with Gasteiger partial charge in [-0.2, -0.15) is 0 Å². The maximum atomic E-state index is 12.5. The molecule has 0 fully saturated rings. The SMILES string of the molecule is CCCN(CCC)C1COc2cccc(C(=O)C(C)C)c2C1. The third-order valence-corrected chi connectivity index (χ3v) is 4.33. The van der Waals surface area contributed by atoms with Crippen LogP contribution in [-0.4, -0.2) is 36.4 Å². The van der Waals surface area contributed by atoms with E-state index in [1.54, 1.807) is 0 Å². The van der Waals surface area contributed by atoms with Crippen LogP contribution < -0.4 is 4.74 Å². The van der Waals surface area contributed by atoms with Crippen LogP contribution in [0, 0.1) is 5.92 Å². The fourth-order valence-electron chi connectivity index (χ4n) is 3.22. The first-order valence-electron chi connectivity index (χ1n) is 8.61. The van der Waals surface area contributed by atoms with Crippen LogP contribution in [0.3, 0.4) is 0 Å². The molecule has 1 heterocycles. The minimum Gasteiger partial charge on any atom is -0.492 e. The highest BCUT2D eigenvalue weighted by molar-refractivity contribution is 5.99. The smallest absolute Gasteiger partial charge is 0.165 e. The molecule has 0 aliphatic carbocycles. The first kappa shape index (κ1) is 17.0. The predicted molar refractivity (Wildman–Crippen MR) is 90.8 cm³/mol. The van der Waals surface area contributed by atoms with E-state index in [1.807, 2.05) is 32.0 Å². The van der Waals surface area contributed by atoms with E-state index >= 15 is 0 Å². The Morgan fingerprint density at radius 1 is 1.27 bits per heavy atom. The number of nitrogens with zero attached hydrogens (tertiary/aromatic N) is 1. The molecule has 0 saturated carbocycles. The van der Waals surface area contributed by atoms with Gasteiger partial charge in [0.2, 0.25) is 0 Å². The molecule has 0 spiro atoms. The number of carbonyl (C=O) groups excluding carboxylic acids is 1. The number of ketones is 1. The summed E-state index contributed by atoms with van der Waals surface area (Å²) in [5.41, 5.74) is 1.96. The highest BCUT2D eigenvalue weighted by atomic mass is 16.5. The van der Waals surface area contributed by atoms with E-state index in [4.69, 9.17) is 4.74 Å². The maximum Gasteiger partial charge on any atom is 0.165 e. The molecule has 0 amide bonds. The Morgan fingerprint density at radius 3 is 2.55 bits per heavy atom. The number of ether oxygens (including phenoxy) is 1. The first-order chi connectivity index (χ1) is 10.6. The maximum absolute atomic E-state index is 12.5. The van der Waals surface area contributed by atoms with Crippen LogP contribution in [0.1, 0.15) is 56.5 Å². The van der Waals surface area contributed by atoms with Crippen molar-refractivity contribution in [2.75, 3.05) is 19.7 Å². The molecule has 3 nitrogen and oxygen atoms in total. The zero-order valence-corrected chi connectivity index (χ0v) is 14.4. The summed E-state index contributed by atoms with van der Waals surface area (Å²) in [6, 6.07) is 6.27. The fraction of sp³-hybridized carbons (Fsp3) is 0.632. The number of Topliss-reactive ketones (excluding diaryl/α,β-unsaturated/α-hetero) is 1. The van der Waals surface area contributed by atoms with E-state index in [2.05, 4.69) is 18.7 Å². The monoisotopic (exact) mass is 303 g/mol. The van der Waals surface area contributed by atoms with Gasteiger partial charge in [-0.15, -0.1) is 0 Å². The number of hydrogen-bond acceptors (Lipinski definition) is 3. The van der Waals surface area contributed by atoms with Gasteiger partial charge in [-0.3, -0.25) is 9.69 Å². The van der Waals surface area contributed by atoms with E-state index in [1.165, 1.54) is 0 Å². The van der Waals surface area contributed by atoms with Gasteiger partial charge in [0.15, 0.2) is 5.78 Å². The molecule has 0 radical (unpaired) electrons. The van der Waals surface area contributed by atoms with Gasteiger partial charge in [0, 0.05) is 23.1 Å². The first-order valence-corrected chi connectivity index (χ1v) is 8.61. The Kier molecular flexibility index (Phi) is 6.01. The molecule has 1 aliphatic rings. The molecule has 3 heteroatoms. The number of carbonyl (C=O) groups is 1. The lowest BCUT2D eigenvalue weighted by molar-refractivity contribution is 0.0929. The van der Waals surface area contributed by atoms with Crippen LogP contribution in [0.4, 0.5) is 0 Å². The molecule has 0 N–H and O–H groups in total. The second-order valence-corrected chi connectivity index (χ2v) is 6.51. The Morgan fingerprint density at radius 2 is 1.95 bits per heavy atom. The van der Waals surface area contributed by atoms with E-state index in [-0.39, 0.29) is 11.7 Å². The number of hydrogen-bond donors (Lipinski definition) is 0. The van der Waals surface area contributed by atoms with E-state index in [9.17, 15) is 4.79 Å². The molecule has 0 saturated heterocycles. The zero-order chi connectivity index (χ0) is 16.1. The van der Waals surface area contributed by atoms with Crippen molar-refractivity contribution in [1.82, 2.24) is 4.90 Å². The molecular formula is C19H29NO2. The van der Waals surface area contributed by atoms with Gasteiger partial charge in [-0.25, -0.2) is 0 Å². The standard InChI is InChI=1S/C19H29NO2/c1-5-10-20(11-6-2)15-12-17-16(19(21)14(3)4)8-7-9-18(17)22-13-15/h7-9,14-15H,5-6,10-13H2,1-4H3. The van der Waals surface area contributed by atoms with Crippen molar-refractivity contribution in [2.24, 2.45) is 5.92 Å². The molecule has 0 bridgehead atoms. The average Bonchev–Trinajstić information content (AvgIpc) is 2.52. The summed E-state index contributed by atoms with van der Waals surface area (Å²) in [6.07, 6.45) is 3.22. The molecule has 1 unspecified atom stereocenters. The number of rotatable bonds is 7. The molecule has 1 aromatic rings. The van der Waals surface area contributed by atoms with Crippen molar-refractivity contribution in [3.8, 4) is 5.75 Å². The van der Waals surface area contributed by atoms with Crippen LogP contribution in [-0.2, 0) is 6.42 Å². The molecule has 2 rings (SSSR count). The van der Waals surface area contributed by atoms with Gasteiger partial charge < -0.3 is 4.74 Å². The summed E-state index contributed by atoms with van der Waals surface area (Å²) in [7, 11) is 0. The van der Waals surface area contributed by atoms with Crippen LogP contribution in [0.25, 0.3) is 0 Å². The van der Waals surface area contributed by atoms with E-state index in [0.717, 1.165) is 55.8 Å². The summed E-state index contributed by atoms with van der Waals surface area (Å²) in [5, 5.41) is 0. The van der Waals surface area contributed by atoms with Crippen LogP contribution in [0.5, 0.6) is 5.75 Å². The third-order valence-electron chi connectivity index (χ3n) is 4.33. The topological polar surface area (TPSA) is 29.5 Å². The molecule has 1 aromatic carbocycles. The van der Waals surface area contributed by atoms with Crippen molar-refractivity contribution in [3.63, 3.8) is 0 Å². The van der Waals surface area contributed by atoms with Gasteiger partial charge in [0.05, 0.1) is 0 Å². The van der Waals surface area contributed by atoms with E-state index < -0.39 is 0 Å². The van der Waals surface area contributed by atoms with Gasteiger partial charge in [-0.1, -0.05) is 39.8 Å². The summed E-state index contributed by atoms with van der Waals surface area (Å²) >= 11 is 0. The Bertz CT molecular complexity index is 504. The normalized spacial score (nSPS) is 17.5. The Hall–Kier alpha value is -1.35. The minimum absolute atomic E-state index is 0.0225. The summed E-state index contributed by atoms with van der Waals surface area (Å²) in [5.74, 6) is 1.14. The van der Waals surface area contributed by atoms with Gasteiger partial charge in [0.25, 0.3) is 0 Å². The van der Waals surface area contributed by atoms with Gasteiger partial charge in [0.1, 0.15) is 12.4 Å². The lowest BCUT2D eigenvalue weighted by atomic mass is 9.90. The van der Waals surface area contributed by atoms with Crippen molar-refractivity contribution in [3.05, 3.63) is 29.3 Å². The molecule has 0 aromatic heterocycles.